The quantitative estimate of drug-likeness (QED) is 0.849. The number of halogens is 1. The summed E-state index contributed by atoms with van der Waals surface area (Å²) in [6, 6.07) is 0. The maximum atomic E-state index is 4.36. The zero-order chi connectivity index (χ0) is 11.0. The third-order valence-corrected chi connectivity index (χ3v) is 3.92. The van der Waals surface area contributed by atoms with Crippen molar-refractivity contribution in [1.82, 2.24) is 19.9 Å². The maximum absolute atomic E-state index is 4.36. The molecule has 0 radical (unpaired) electrons. The minimum atomic E-state index is 0.716. The van der Waals surface area contributed by atoms with Crippen molar-refractivity contribution in [3.8, 4) is 0 Å². The van der Waals surface area contributed by atoms with Gasteiger partial charge in [0, 0.05) is 18.4 Å². The third kappa shape index (κ3) is 1.57. The third-order valence-electron chi connectivity index (χ3n) is 3.01. The van der Waals surface area contributed by atoms with Gasteiger partial charge in [0.05, 0.1) is 6.33 Å². The number of anilines is 1. The first-order valence-corrected chi connectivity index (χ1v) is 6.45. The number of nitrogens with one attached hydrogen (secondary N) is 1. The average molecular weight is 282 g/mol. The number of hydrogen-bond donors (Lipinski definition) is 1. The molecule has 1 fully saturated rings. The summed E-state index contributed by atoms with van der Waals surface area (Å²) in [6.45, 7) is 2.11. The zero-order valence-electron chi connectivity index (χ0n) is 8.73. The lowest BCUT2D eigenvalue weighted by molar-refractivity contribution is 0.675. The molecule has 84 valence electrons. The molecule has 2 aromatic heterocycles. The van der Waals surface area contributed by atoms with Crippen molar-refractivity contribution in [3.05, 3.63) is 12.7 Å². The highest BCUT2D eigenvalue weighted by Gasteiger charge is 2.24. The van der Waals surface area contributed by atoms with Gasteiger partial charge >= 0.3 is 0 Å². The Morgan fingerprint density at radius 1 is 1.44 bits per heavy atom. The summed E-state index contributed by atoms with van der Waals surface area (Å²) in [5.74, 6) is 1.69. The molecule has 1 aliphatic rings. The molecular weight excluding hydrogens is 270 g/mol. The molecular formula is C10H12BrN5. The SMILES string of the molecule is BrCC1CCN(c2ncnc3nc[nH]c23)C1. The van der Waals surface area contributed by atoms with Crippen LogP contribution in [0.4, 0.5) is 5.82 Å². The molecule has 16 heavy (non-hydrogen) atoms. The van der Waals surface area contributed by atoms with Crippen LogP contribution in [0.5, 0.6) is 0 Å². The van der Waals surface area contributed by atoms with E-state index in [1.807, 2.05) is 0 Å². The number of alkyl halides is 1. The number of aromatic amines is 1. The predicted molar refractivity (Wildman–Crippen MR) is 65.8 cm³/mol. The lowest BCUT2D eigenvalue weighted by Crippen LogP contribution is -2.21. The number of H-pyrrole nitrogens is 1. The Balaban J connectivity index is 1.97. The van der Waals surface area contributed by atoms with Crippen molar-refractivity contribution < 1.29 is 0 Å². The van der Waals surface area contributed by atoms with E-state index in [2.05, 4.69) is 40.8 Å². The summed E-state index contributed by atoms with van der Waals surface area (Å²) in [7, 11) is 0. The Morgan fingerprint density at radius 3 is 3.19 bits per heavy atom. The van der Waals surface area contributed by atoms with Crippen LogP contribution in [0.15, 0.2) is 12.7 Å². The molecule has 1 saturated heterocycles. The molecule has 0 aromatic carbocycles. The van der Waals surface area contributed by atoms with Gasteiger partial charge in [0.1, 0.15) is 11.8 Å². The van der Waals surface area contributed by atoms with Gasteiger partial charge in [-0.1, -0.05) is 15.9 Å². The molecule has 3 rings (SSSR count). The number of rotatable bonds is 2. The van der Waals surface area contributed by atoms with Gasteiger partial charge in [-0.3, -0.25) is 0 Å². The number of hydrogen-bond acceptors (Lipinski definition) is 4. The van der Waals surface area contributed by atoms with Crippen molar-refractivity contribution in [3.63, 3.8) is 0 Å². The van der Waals surface area contributed by atoms with Gasteiger partial charge in [-0.25, -0.2) is 15.0 Å². The van der Waals surface area contributed by atoms with Crippen molar-refractivity contribution in [2.45, 2.75) is 6.42 Å². The molecule has 2 aromatic rings. The first kappa shape index (κ1) is 10.0. The van der Waals surface area contributed by atoms with E-state index in [9.17, 15) is 0 Å². The Bertz CT molecular complexity index is 497. The van der Waals surface area contributed by atoms with E-state index >= 15 is 0 Å². The van der Waals surface area contributed by atoms with Gasteiger partial charge in [-0.15, -0.1) is 0 Å². The Hall–Kier alpha value is -1.17. The molecule has 6 heteroatoms. The van der Waals surface area contributed by atoms with Gasteiger partial charge in [0.15, 0.2) is 11.5 Å². The molecule has 0 spiro atoms. The summed E-state index contributed by atoms with van der Waals surface area (Å²) in [5, 5.41) is 1.06. The molecule has 0 amide bonds. The van der Waals surface area contributed by atoms with E-state index in [0.717, 1.165) is 35.4 Å². The fourth-order valence-electron chi connectivity index (χ4n) is 2.14. The summed E-state index contributed by atoms with van der Waals surface area (Å²) in [6.07, 6.45) is 4.46. The van der Waals surface area contributed by atoms with Crippen molar-refractivity contribution in [1.29, 1.82) is 0 Å². The van der Waals surface area contributed by atoms with Crippen LogP contribution in [0.3, 0.4) is 0 Å². The summed E-state index contributed by atoms with van der Waals surface area (Å²) >= 11 is 3.54. The average Bonchev–Trinajstić information content (AvgIpc) is 2.97. The number of fused-ring (bicyclic) bond motifs is 1. The fraction of sp³-hybridized carbons (Fsp3) is 0.500. The smallest absolute Gasteiger partial charge is 0.182 e. The molecule has 5 nitrogen and oxygen atoms in total. The largest absolute Gasteiger partial charge is 0.354 e. The van der Waals surface area contributed by atoms with E-state index in [0.29, 0.717) is 5.92 Å². The summed E-state index contributed by atoms with van der Waals surface area (Å²) in [4.78, 5) is 18.0. The molecule has 0 aliphatic carbocycles. The predicted octanol–water partition coefficient (Wildman–Crippen LogP) is 1.57. The first-order valence-electron chi connectivity index (χ1n) is 5.33. The van der Waals surface area contributed by atoms with E-state index in [1.165, 1.54) is 6.42 Å². The lowest BCUT2D eigenvalue weighted by atomic mass is 10.2. The fourth-order valence-corrected chi connectivity index (χ4v) is 2.67. The molecule has 1 aliphatic heterocycles. The molecule has 0 saturated carbocycles. The van der Waals surface area contributed by atoms with E-state index in [4.69, 9.17) is 0 Å². The highest BCUT2D eigenvalue weighted by atomic mass is 79.9. The van der Waals surface area contributed by atoms with Gasteiger partial charge in [-0.2, -0.15) is 0 Å². The number of imidazole rings is 1. The zero-order valence-corrected chi connectivity index (χ0v) is 10.3. The maximum Gasteiger partial charge on any atom is 0.182 e. The van der Waals surface area contributed by atoms with Crippen LogP contribution in [0.1, 0.15) is 6.42 Å². The minimum Gasteiger partial charge on any atom is -0.354 e. The van der Waals surface area contributed by atoms with Crippen LogP contribution in [0.25, 0.3) is 11.2 Å². The lowest BCUT2D eigenvalue weighted by Gasteiger charge is -2.16. The van der Waals surface area contributed by atoms with Crippen LogP contribution >= 0.6 is 15.9 Å². The topological polar surface area (TPSA) is 57.7 Å². The van der Waals surface area contributed by atoms with Gasteiger partial charge in [-0.05, 0) is 12.3 Å². The number of nitrogens with zero attached hydrogens (tertiary/aromatic N) is 4. The normalized spacial score (nSPS) is 20.8. The van der Waals surface area contributed by atoms with Gasteiger partial charge in [0.2, 0.25) is 0 Å². The Labute approximate surface area is 101 Å². The second kappa shape index (κ2) is 4.01. The second-order valence-electron chi connectivity index (χ2n) is 4.05. The Morgan fingerprint density at radius 2 is 2.38 bits per heavy atom. The van der Waals surface area contributed by atoms with E-state index in [1.54, 1.807) is 12.7 Å². The van der Waals surface area contributed by atoms with Crippen LogP contribution in [-0.4, -0.2) is 38.4 Å². The monoisotopic (exact) mass is 281 g/mol. The highest BCUT2D eigenvalue weighted by Crippen LogP contribution is 2.26. The summed E-state index contributed by atoms with van der Waals surface area (Å²) in [5.41, 5.74) is 1.69. The summed E-state index contributed by atoms with van der Waals surface area (Å²) < 4.78 is 0. The van der Waals surface area contributed by atoms with E-state index in [-0.39, 0.29) is 0 Å². The number of aromatic nitrogens is 4. The van der Waals surface area contributed by atoms with Crippen LogP contribution in [0, 0.1) is 5.92 Å². The van der Waals surface area contributed by atoms with Crippen LogP contribution < -0.4 is 4.90 Å². The van der Waals surface area contributed by atoms with Crippen molar-refractivity contribution in [2.24, 2.45) is 5.92 Å². The second-order valence-corrected chi connectivity index (χ2v) is 4.70. The highest BCUT2D eigenvalue weighted by molar-refractivity contribution is 9.09. The first-order chi connectivity index (χ1) is 7.88. The molecule has 3 heterocycles. The molecule has 1 N–H and O–H groups in total. The molecule has 0 bridgehead atoms. The van der Waals surface area contributed by atoms with Gasteiger partial charge in [0.25, 0.3) is 0 Å². The van der Waals surface area contributed by atoms with E-state index < -0.39 is 0 Å². The molecule has 1 unspecified atom stereocenters. The Kier molecular flexibility index (Phi) is 2.51. The van der Waals surface area contributed by atoms with Crippen molar-refractivity contribution >= 4 is 32.9 Å². The van der Waals surface area contributed by atoms with Gasteiger partial charge < -0.3 is 9.88 Å². The van der Waals surface area contributed by atoms with Crippen LogP contribution in [-0.2, 0) is 0 Å². The minimum absolute atomic E-state index is 0.716. The standard InChI is InChI=1S/C10H12BrN5/c11-3-7-1-2-16(4-7)10-8-9(13-5-12-8)14-6-15-10/h5-7H,1-4H2,(H,12,13,14,15). The van der Waals surface area contributed by atoms with Crippen LogP contribution in [0.2, 0.25) is 0 Å². The van der Waals surface area contributed by atoms with Crippen molar-refractivity contribution in [2.75, 3.05) is 23.3 Å². The molecule has 1 atom stereocenters.